The van der Waals surface area contributed by atoms with E-state index in [0.29, 0.717) is 6.42 Å². The summed E-state index contributed by atoms with van der Waals surface area (Å²) in [6.07, 6.45) is 2.29. The molecule has 1 aromatic carbocycles. The van der Waals surface area contributed by atoms with Gasteiger partial charge < -0.3 is 4.90 Å². The normalized spacial score (nSPS) is 18.5. The number of sulfone groups is 2. The second kappa shape index (κ2) is 8.00. The molecule has 1 aromatic heterocycles. The Bertz CT molecular complexity index is 1150. The van der Waals surface area contributed by atoms with Gasteiger partial charge in [-0.25, -0.2) is 26.8 Å². The number of amides is 1. The van der Waals surface area contributed by atoms with Gasteiger partial charge in [0.1, 0.15) is 0 Å². The highest BCUT2D eigenvalue weighted by molar-refractivity contribution is 7.91. The molecule has 11 heteroatoms. The molecule has 0 unspecified atom stereocenters. The Labute approximate surface area is 174 Å². The summed E-state index contributed by atoms with van der Waals surface area (Å²) < 4.78 is 47.5. The molecule has 2 aromatic rings. The highest BCUT2D eigenvalue weighted by Gasteiger charge is 2.36. The lowest BCUT2D eigenvalue weighted by molar-refractivity contribution is 0.0674. The van der Waals surface area contributed by atoms with Crippen LogP contribution in [-0.4, -0.2) is 61.4 Å². The van der Waals surface area contributed by atoms with Crippen LogP contribution in [0.5, 0.6) is 0 Å². The Hall–Kier alpha value is -2.04. The fraction of sp³-hybridized carbons (Fsp3) is 0.389. The molecule has 1 amide bonds. The van der Waals surface area contributed by atoms with Crippen molar-refractivity contribution in [1.82, 2.24) is 14.9 Å². The molecule has 0 spiro atoms. The third kappa shape index (κ3) is 5.12. The zero-order valence-electron chi connectivity index (χ0n) is 15.9. The summed E-state index contributed by atoms with van der Waals surface area (Å²) in [5.41, 5.74) is 1.59. The maximum absolute atomic E-state index is 13.3. The fourth-order valence-corrected chi connectivity index (χ4v) is 5.50. The minimum atomic E-state index is -3.75. The molecular formula is C18H20ClN3O5S2. The van der Waals surface area contributed by atoms with E-state index in [1.54, 1.807) is 0 Å². The number of hydrogen-bond donors (Lipinski definition) is 0. The lowest BCUT2D eigenvalue weighted by Gasteiger charge is -2.28. The topological polar surface area (TPSA) is 114 Å². The lowest BCUT2D eigenvalue weighted by Crippen LogP contribution is -2.41. The molecule has 0 aliphatic carbocycles. The first kappa shape index (κ1) is 21.7. The zero-order chi connectivity index (χ0) is 21.4. The summed E-state index contributed by atoms with van der Waals surface area (Å²) >= 11 is 6.09. The molecule has 0 N–H and O–H groups in total. The van der Waals surface area contributed by atoms with Gasteiger partial charge in [0.25, 0.3) is 5.91 Å². The molecule has 0 saturated carbocycles. The number of benzene rings is 1. The Balaban J connectivity index is 2.01. The number of carbonyl (C=O) groups is 1. The predicted octanol–water partition coefficient (Wildman–Crippen LogP) is 1.67. The molecule has 3 rings (SSSR count). The first-order chi connectivity index (χ1) is 13.5. The van der Waals surface area contributed by atoms with Crippen LogP contribution in [0.3, 0.4) is 0 Å². The van der Waals surface area contributed by atoms with Crippen molar-refractivity contribution >= 4 is 37.2 Å². The van der Waals surface area contributed by atoms with Crippen molar-refractivity contribution in [3.8, 4) is 0 Å². The Kier molecular flexibility index (Phi) is 5.98. The number of aryl methyl sites for hydroxylation is 1. The van der Waals surface area contributed by atoms with E-state index in [1.807, 2.05) is 31.2 Å². The molecule has 29 heavy (non-hydrogen) atoms. The number of rotatable bonds is 5. The maximum atomic E-state index is 13.3. The van der Waals surface area contributed by atoms with Crippen molar-refractivity contribution < 1.29 is 21.6 Å². The van der Waals surface area contributed by atoms with Crippen molar-refractivity contribution in [2.45, 2.75) is 31.1 Å². The second-order valence-corrected chi connectivity index (χ2v) is 11.6. The van der Waals surface area contributed by atoms with Crippen LogP contribution in [-0.2, 0) is 26.2 Å². The SMILES string of the molecule is Cc1ccc(CN(C(=O)c2nc(S(C)(=O)=O)ncc2Cl)[C@@H]2CCS(=O)(=O)C2)cc1. The molecule has 1 atom stereocenters. The molecule has 0 radical (unpaired) electrons. The van der Waals surface area contributed by atoms with Gasteiger partial charge in [0.05, 0.1) is 22.7 Å². The number of carbonyl (C=O) groups excluding carboxylic acids is 1. The van der Waals surface area contributed by atoms with Gasteiger partial charge in [-0.1, -0.05) is 41.4 Å². The molecule has 1 fully saturated rings. The highest BCUT2D eigenvalue weighted by Crippen LogP contribution is 2.24. The summed E-state index contributed by atoms with van der Waals surface area (Å²) in [6, 6.07) is 6.93. The minimum absolute atomic E-state index is 0.0125. The van der Waals surface area contributed by atoms with Gasteiger partial charge in [-0.15, -0.1) is 0 Å². The largest absolute Gasteiger partial charge is 0.329 e. The number of aromatic nitrogens is 2. The summed E-state index contributed by atoms with van der Waals surface area (Å²) in [4.78, 5) is 22.2. The van der Waals surface area contributed by atoms with Crippen LogP contribution in [0.2, 0.25) is 5.02 Å². The summed E-state index contributed by atoms with van der Waals surface area (Å²) in [5.74, 6) is -0.807. The van der Waals surface area contributed by atoms with Crippen molar-refractivity contribution in [1.29, 1.82) is 0 Å². The van der Waals surface area contributed by atoms with Gasteiger partial charge in [0.15, 0.2) is 15.5 Å². The Morgan fingerprint density at radius 2 is 1.93 bits per heavy atom. The third-order valence-electron chi connectivity index (χ3n) is 4.64. The van der Waals surface area contributed by atoms with E-state index in [4.69, 9.17) is 11.6 Å². The molecule has 1 aliphatic heterocycles. The van der Waals surface area contributed by atoms with Crippen LogP contribution in [0.1, 0.15) is 28.0 Å². The maximum Gasteiger partial charge on any atom is 0.274 e. The van der Waals surface area contributed by atoms with Crippen LogP contribution >= 0.6 is 11.6 Å². The molecule has 1 aliphatic rings. The molecular weight excluding hydrogens is 438 g/mol. The van der Waals surface area contributed by atoms with Crippen molar-refractivity contribution in [3.63, 3.8) is 0 Å². The summed E-state index contributed by atoms with van der Waals surface area (Å²) in [7, 11) is -7.00. The molecule has 1 saturated heterocycles. The van der Waals surface area contributed by atoms with E-state index < -0.39 is 36.8 Å². The molecule has 8 nitrogen and oxygen atoms in total. The number of hydrogen-bond acceptors (Lipinski definition) is 7. The fourth-order valence-electron chi connectivity index (χ4n) is 3.09. The molecule has 0 bridgehead atoms. The second-order valence-electron chi connectivity index (χ2n) is 7.10. The third-order valence-corrected chi connectivity index (χ3v) is 7.53. The van der Waals surface area contributed by atoms with Gasteiger partial charge in [-0.3, -0.25) is 4.79 Å². The quantitative estimate of drug-likeness (QED) is 0.627. The van der Waals surface area contributed by atoms with Gasteiger partial charge in [0, 0.05) is 18.8 Å². The number of nitrogens with zero attached hydrogens (tertiary/aromatic N) is 3. The van der Waals surface area contributed by atoms with Crippen LogP contribution < -0.4 is 0 Å². The first-order valence-electron chi connectivity index (χ1n) is 8.76. The van der Waals surface area contributed by atoms with Gasteiger partial charge in [-0.2, -0.15) is 0 Å². The van der Waals surface area contributed by atoms with E-state index >= 15 is 0 Å². The van der Waals surface area contributed by atoms with E-state index in [0.717, 1.165) is 23.6 Å². The summed E-state index contributed by atoms with van der Waals surface area (Å²) in [5, 5.41) is -0.614. The van der Waals surface area contributed by atoms with Gasteiger partial charge in [-0.05, 0) is 18.9 Å². The zero-order valence-corrected chi connectivity index (χ0v) is 18.3. The minimum Gasteiger partial charge on any atom is -0.329 e. The predicted molar refractivity (Wildman–Crippen MR) is 108 cm³/mol. The highest BCUT2D eigenvalue weighted by atomic mass is 35.5. The van der Waals surface area contributed by atoms with Crippen LogP contribution in [0.25, 0.3) is 0 Å². The first-order valence-corrected chi connectivity index (χ1v) is 12.8. The van der Waals surface area contributed by atoms with Crippen molar-refractivity contribution in [2.24, 2.45) is 0 Å². The standard InChI is InChI=1S/C18H20ClN3O5S2/c1-12-3-5-13(6-4-12)10-22(14-7-8-29(26,27)11-14)17(23)16-15(19)9-20-18(21-16)28(2,24)25/h3-6,9,14H,7-8,10-11H2,1-2H3/t14-/m1/s1. The van der Waals surface area contributed by atoms with Crippen LogP contribution in [0.4, 0.5) is 0 Å². The molecule has 2 heterocycles. The molecule has 156 valence electrons. The van der Waals surface area contributed by atoms with E-state index in [9.17, 15) is 21.6 Å². The van der Waals surface area contributed by atoms with Crippen molar-refractivity contribution in [2.75, 3.05) is 17.8 Å². The van der Waals surface area contributed by atoms with Gasteiger partial charge >= 0.3 is 0 Å². The van der Waals surface area contributed by atoms with Gasteiger partial charge in [0.2, 0.25) is 15.0 Å². The number of halogens is 1. The Morgan fingerprint density at radius 3 is 2.48 bits per heavy atom. The average Bonchev–Trinajstić information content (AvgIpc) is 2.99. The smallest absolute Gasteiger partial charge is 0.274 e. The lowest BCUT2D eigenvalue weighted by atomic mass is 10.1. The van der Waals surface area contributed by atoms with Crippen LogP contribution in [0.15, 0.2) is 35.6 Å². The van der Waals surface area contributed by atoms with E-state index in [-0.39, 0.29) is 28.8 Å². The average molecular weight is 458 g/mol. The van der Waals surface area contributed by atoms with E-state index in [1.165, 1.54) is 4.90 Å². The van der Waals surface area contributed by atoms with E-state index in [2.05, 4.69) is 9.97 Å². The summed E-state index contributed by atoms with van der Waals surface area (Å²) in [6.45, 7) is 2.08. The monoisotopic (exact) mass is 457 g/mol. The van der Waals surface area contributed by atoms with Crippen molar-refractivity contribution in [3.05, 3.63) is 52.3 Å². The Morgan fingerprint density at radius 1 is 1.28 bits per heavy atom. The van der Waals surface area contributed by atoms with Crippen LogP contribution in [0, 0.1) is 6.92 Å².